The maximum Gasteiger partial charge on any atom is 0.232 e. The lowest BCUT2D eigenvalue weighted by atomic mass is 10.2. The van der Waals surface area contributed by atoms with E-state index in [-0.39, 0.29) is 12.3 Å². The van der Waals surface area contributed by atoms with Gasteiger partial charge in [-0.2, -0.15) is 0 Å². The topological polar surface area (TPSA) is 80.9 Å². The van der Waals surface area contributed by atoms with E-state index in [4.69, 9.17) is 0 Å². The van der Waals surface area contributed by atoms with Crippen molar-refractivity contribution in [3.8, 4) is 0 Å². The Labute approximate surface area is 108 Å². The first-order valence-electron chi connectivity index (χ1n) is 5.64. The minimum Gasteiger partial charge on any atom is -0.302 e. The standard InChI is InChI=1S/C11H14N4O2S/c1-4-8-7(3)18-11(12-8)13-10(16)5-9-6(2)14-17-15-9/h4-5H2,1-3H3,(H,12,13,16). The Balaban J connectivity index is 2.01. The van der Waals surface area contributed by atoms with Crippen molar-refractivity contribution in [3.63, 3.8) is 0 Å². The quantitative estimate of drug-likeness (QED) is 0.913. The molecule has 0 bridgehead atoms. The number of carbonyl (C=O) groups excluding carboxylic acids is 1. The minimum absolute atomic E-state index is 0.148. The molecule has 0 aliphatic rings. The van der Waals surface area contributed by atoms with Crippen molar-refractivity contribution < 1.29 is 9.42 Å². The molecule has 0 aliphatic carbocycles. The van der Waals surface area contributed by atoms with Crippen LogP contribution in [0.5, 0.6) is 0 Å². The van der Waals surface area contributed by atoms with E-state index in [1.165, 1.54) is 11.3 Å². The molecule has 0 radical (unpaired) electrons. The molecular weight excluding hydrogens is 252 g/mol. The first-order valence-corrected chi connectivity index (χ1v) is 6.46. The average Bonchev–Trinajstić information content (AvgIpc) is 2.86. The monoisotopic (exact) mass is 266 g/mol. The Kier molecular flexibility index (Phi) is 3.71. The SMILES string of the molecule is CCc1nc(NC(=O)Cc2nonc2C)sc1C. The zero-order valence-electron chi connectivity index (χ0n) is 10.5. The van der Waals surface area contributed by atoms with Crippen molar-refractivity contribution in [2.75, 3.05) is 5.32 Å². The summed E-state index contributed by atoms with van der Waals surface area (Å²) < 4.78 is 4.54. The Morgan fingerprint density at radius 2 is 2.11 bits per heavy atom. The zero-order valence-corrected chi connectivity index (χ0v) is 11.3. The van der Waals surface area contributed by atoms with Crippen LogP contribution in [-0.4, -0.2) is 21.2 Å². The number of anilines is 1. The second-order valence-electron chi connectivity index (χ2n) is 3.90. The number of hydrogen-bond donors (Lipinski definition) is 1. The van der Waals surface area contributed by atoms with E-state index in [0.717, 1.165) is 17.0 Å². The van der Waals surface area contributed by atoms with Gasteiger partial charge < -0.3 is 5.32 Å². The fourth-order valence-corrected chi connectivity index (χ4v) is 2.45. The second-order valence-corrected chi connectivity index (χ2v) is 5.10. The molecule has 96 valence electrons. The molecular formula is C11H14N4O2S. The predicted octanol–water partition coefficient (Wildman–Crippen LogP) is 1.89. The van der Waals surface area contributed by atoms with Gasteiger partial charge in [0.15, 0.2) is 5.13 Å². The van der Waals surface area contributed by atoms with Gasteiger partial charge in [0.25, 0.3) is 0 Å². The number of aromatic nitrogens is 3. The predicted molar refractivity (Wildman–Crippen MR) is 67.6 cm³/mol. The van der Waals surface area contributed by atoms with Crippen LogP contribution in [-0.2, 0) is 17.6 Å². The summed E-state index contributed by atoms with van der Waals surface area (Å²) in [5.74, 6) is -0.162. The number of carbonyl (C=O) groups is 1. The number of nitrogens with zero attached hydrogens (tertiary/aromatic N) is 3. The lowest BCUT2D eigenvalue weighted by molar-refractivity contribution is -0.115. The number of aryl methyl sites for hydroxylation is 3. The number of thiazole rings is 1. The Morgan fingerprint density at radius 1 is 1.33 bits per heavy atom. The highest BCUT2D eigenvalue weighted by atomic mass is 32.1. The van der Waals surface area contributed by atoms with Crippen LogP contribution < -0.4 is 5.32 Å². The minimum atomic E-state index is -0.162. The van der Waals surface area contributed by atoms with Crippen molar-refractivity contribution in [2.24, 2.45) is 0 Å². The zero-order chi connectivity index (χ0) is 13.1. The third kappa shape index (κ3) is 2.73. The second kappa shape index (κ2) is 5.26. The molecule has 0 saturated heterocycles. The van der Waals surface area contributed by atoms with Crippen molar-refractivity contribution in [2.45, 2.75) is 33.6 Å². The van der Waals surface area contributed by atoms with Crippen LogP contribution in [0.2, 0.25) is 0 Å². The maximum atomic E-state index is 11.8. The smallest absolute Gasteiger partial charge is 0.232 e. The van der Waals surface area contributed by atoms with Crippen molar-refractivity contribution >= 4 is 22.4 Å². The molecule has 0 atom stereocenters. The van der Waals surface area contributed by atoms with Gasteiger partial charge in [0, 0.05) is 4.88 Å². The van der Waals surface area contributed by atoms with Gasteiger partial charge in [0.1, 0.15) is 11.4 Å². The summed E-state index contributed by atoms with van der Waals surface area (Å²) in [7, 11) is 0. The van der Waals surface area contributed by atoms with Crippen LogP contribution >= 0.6 is 11.3 Å². The molecule has 1 N–H and O–H groups in total. The molecule has 0 unspecified atom stereocenters. The fraction of sp³-hybridized carbons (Fsp3) is 0.455. The van der Waals surface area contributed by atoms with E-state index in [2.05, 4.69) is 25.2 Å². The molecule has 0 spiro atoms. The molecule has 0 aliphatic heterocycles. The highest BCUT2D eigenvalue weighted by Gasteiger charge is 2.13. The summed E-state index contributed by atoms with van der Waals surface area (Å²) in [5.41, 5.74) is 2.21. The molecule has 2 aromatic rings. The van der Waals surface area contributed by atoms with Crippen molar-refractivity contribution in [1.82, 2.24) is 15.3 Å². The largest absolute Gasteiger partial charge is 0.302 e. The third-order valence-corrected chi connectivity index (χ3v) is 3.48. The number of nitrogens with one attached hydrogen (secondary N) is 1. The maximum absolute atomic E-state index is 11.8. The van der Waals surface area contributed by atoms with Gasteiger partial charge in [-0.3, -0.25) is 4.79 Å². The van der Waals surface area contributed by atoms with Crippen LogP contribution in [0.1, 0.15) is 28.9 Å². The van der Waals surface area contributed by atoms with Crippen molar-refractivity contribution in [1.29, 1.82) is 0 Å². The Hall–Kier alpha value is -1.76. The summed E-state index contributed by atoms with van der Waals surface area (Å²) in [4.78, 5) is 17.3. The van der Waals surface area contributed by atoms with Crippen LogP contribution in [0.25, 0.3) is 0 Å². The van der Waals surface area contributed by atoms with Crippen LogP contribution in [0.4, 0.5) is 5.13 Å². The van der Waals surface area contributed by atoms with Crippen LogP contribution in [0.15, 0.2) is 4.63 Å². The van der Waals surface area contributed by atoms with E-state index in [9.17, 15) is 4.79 Å². The number of hydrogen-bond acceptors (Lipinski definition) is 6. The van der Waals surface area contributed by atoms with E-state index in [1.54, 1.807) is 6.92 Å². The van der Waals surface area contributed by atoms with Gasteiger partial charge in [-0.15, -0.1) is 11.3 Å². The van der Waals surface area contributed by atoms with Gasteiger partial charge in [-0.1, -0.05) is 17.2 Å². The molecule has 0 saturated carbocycles. The summed E-state index contributed by atoms with van der Waals surface area (Å²) in [5, 5.41) is 10.7. The van der Waals surface area contributed by atoms with E-state index < -0.39 is 0 Å². The summed E-state index contributed by atoms with van der Waals surface area (Å²) in [6.45, 7) is 5.79. The first-order chi connectivity index (χ1) is 8.60. The molecule has 0 fully saturated rings. The summed E-state index contributed by atoms with van der Waals surface area (Å²) in [6, 6.07) is 0. The number of amides is 1. The van der Waals surface area contributed by atoms with Gasteiger partial charge in [0.05, 0.1) is 12.1 Å². The fourth-order valence-electron chi connectivity index (χ4n) is 1.53. The molecule has 2 aromatic heterocycles. The highest BCUT2D eigenvalue weighted by molar-refractivity contribution is 7.15. The Morgan fingerprint density at radius 3 is 2.67 bits per heavy atom. The van der Waals surface area contributed by atoms with Gasteiger partial charge in [0.2, 0.25) is 5.91 Å². The molecule has 6 nitrogen and oxygen atoms in total. The average molecular weight is 266 g/mol. The van der Waals surface area contributed by atoms with Crippen molar-refractivity contribution in [3.05, 3.63) is 22.0 Å². The van der Waals surface area contributed by atoms with Gasteiger partial charge in [-0.05, 0) is 20.3 Å². The van der Waals surface area contributed by atoms with E-state index in [0.29, 0.717) is 16.5 Å². The molecule has 7 heteroatoms. The van der Waals surface area contributed by atoms with Crippen LogP contribution in [0.3, 0.4) is 0 Å². The molecule has 2 heterocycles. The lowest BCUT2D eigenvalue weighted by Gasteiger charge is -1.98. The third-order valence-electron chi connectivity index (χ3n) is 2.55. The van der Waals surface area contributed by atoms with Crippen LogP contribution in [0, 0.1) is 13.8 Å². The van der Waals surface area contributed by atoms with Gasteiger partial charge in [-0.25, -0.2) is 9.61 Å². The Bertz CT molecular complexity index is 561. The number of rotatable bonds is 4. The lowest BCUT2D eigenvalue weighted by Crippen LogP contribution is -2.15. The van der Waals surface area contributed by atoms with E-state index >= 15 is 0 Å². The molecule has 2 rings (SSSR count). The van der Waals surface area contributed by atoms with E-state index in [1.807, 2.05) is 13.8 Å². The summed E-state index contributed by atoms with van der Waals surface area (Å²) >= 11 is 1.48. The molecule has 18 heavy (non-hydrogen) atoms. The summed E-state index contributed by atoms with van der Waals surface area (Å²) in [6.07, 6.45) is 1.01. The van der Waals surface area contributed by atoms with Gasteiger partial charge >= 0.3 is 0 Å². The highest BCUT2D eigenvalue weighted by Crippen LogP contribution is 2.22. The molecule has 0 aromatic carbocycles. The normalized spacial score (nSPS) is 10.6. The molecule has 1 amide bonds. The first kappa shape index (κ1) is 12.7.